The van der Waals surface area contributed by atoms with Gasteiger partial charge in [-0.2, -0.15) is 5.10 Å². The van der Waals surface area contributed by atoms with Crippen molar-refractivity contribution in [3.63, 3.8) is 0 Å². The lowest BCUT2D eigenvalue weighted by Crippen LogP contribution is -2.39. The van der Waals surface area contributed by atoms with E-state index >= 15 is 0 Å². The molecule has 1 atom stereocenters. The number of hydrogen-bond acceptors (Lipinski definition) is 5. The van der Waals surface area contributed by atoms with Crippen LogP contribution in [0.25, 0.3) is 0 Å². The highest BCUT2D eigenvalue weighted by Crippen LogP contribution is 2.26. The molecule has 2 aromatic heterocycles. The number of fused-ring (bicyclic) bond motifs is 1. The van der Waals surface area contributed by atoms with Gasteiger partial charge in [0, 0.05) is 44.1 Å². The highest BCUT2D eigenvalue weighted by atomic mass is 16.5. The van der Waals surface area contributed by atoms with Gasteiger partial charge in [0.25, 0.3) is 0 Å². The molecule has 25 heavy (non-hydrogen) atoms. The van der Waals surface area contributed by atoms with Crippen LogP contribution in [-0.4, -0.2) is 57.9 Å². The molecule has 0 saturated heterocycles. The highest BCUT2D eigenvalue weighted by molar-refractivity contribution is 5.25. The zero-order chi connectivity index (χ0) is 17.6. The zero-order valence-electron chi connectivity index (χ0n) is 15.6. The highest BCUT2D eigenvalue weighted by Gasteiger charge is 2.26. The average molecular weight is 343 g/mol. The fourth-order valence-electron chi connectivity index (χ4n) is 3.64. The van der Waals surface area contributed by atoms with E-state index in [1.807, 2.05) is 12.3 Å². The minimum absolute atomic E-state index is 0.419. The molecule has 0 saturated carbocycles. The monoisotopic (exact) mass is 343 g/mol. The summed E-state index contributed by atoms with van der Waals surface area (Å²) in [5.41, 5.74) is 2.43. The summed E-state index contributed by atoms with van der Waals surface area (Å²) >= 11 is 0. The van der Waals surface area contributed by atoms with Crippen LogP contribution < -0.4 is 4.74 Å². The molecule has 0 aliphatic carbocycles. The fraction of sp³-hybridized carbons (Fsp3) is 0.579. The van der Waals surface area contributed by atoms with Crippen molar-refractivity contribution in [3.8, 4) is 5.88 Å². The van der Waals surface area contributed by atoms with E-state index in [0.29, 0.717) is 6.04 Å². The van der Waals surface area contributed by atoms with Crippen molar-refractivity contribution in [3.05, 3.63) is 41.9 Å². The van der Waals surface area contributed by atoms with E-state index in [0.717, 1.165) is 57.1 Å². The molecule has 1 aliphatic rings. The Morgan fingerprint density at radius 1 is 1.24 bits per heavy atom. The molecule has 3 rings (SSSR count). The third-order valence-electron chi connectivity index (χ3n) is 5.06. The van der Waals surface area contributed by atoms with Crippen molar-refractivity contribution in [2.24, 2.45) is 0 Å². The van der Waals surface area contributed by atoms with Gasteiger partial charge in [-0.15, -0.1) is 0 Å². The number of aromatic nitrogens is 3. The molecule has 0 aromatic carbocycles. The molecule has 1 unspecified atom stereocenters. The second-order valence-electron chi connectivity index (χ2n) is 6.58. The van der Waals surface area contributed by atoms with Crippen LogP contribution in [0.3, 0.4) is 0 Å². The molecule has 0 N–H and O–H groups in total. The Balaban J connectivity index is 1.71. The predicted molar refractivity (Wildman–Crippen MR) is 98.6 cm³/mol. The molecule has 2 aromatic rings. The van der Waals surface area contributed by atoms with Crippen LogP contribution in [0.1, 0.15) is 37.6 Å². The second-order valence-corrected chi connectivity index (χ2v) is 6.58. The maximum Gasteiger partial charge on any atom is 0.217 e. The second kappa shape index (κ2) is 8.45. The Kier molecular flexibility index (Phi) is 6.04. The third-order valence-corrected chi connectivity index (χ3v) is 5.06. The first-order valence-electron chi connectivity index (χ1n) is 9.20. The Morgan fingerprint density at radius 3 is 2.84 bits per heavy atom. The van der Waals surface area contributed by atoms with Gasteiger partial charge in [-0.1, -0.05) is 19.9 Å². The summed E-state index contributed by atoms with van der Waals surface area (Å²) in [6.45, 7) is 10.5. The van der Waals surface area contributed by atoms with E-state index in [2.05, 4.69) is 50.5 Å². The average Bonchev–Trinajstić information content (AvgIpc) is 3.11. The number of rotatable bonds is 8. The van der Waals surface area contributed by atoms with E-state index in [1.54, 1.807) is 13.3 Å². The molecular weight excluding hydrogens is 314 g/mol. The van der Waals surface area contributed by atoms with Gasteiger partial charge in [-0.25, -0.2) is 4.98 Å². The lowest BCUT2D eigenvalue weighted by atomic mass is 10.1. The number of nitrogens with zero attached hydrogens (tertiary/aromatic N) is 5. The molecule has 6 nitrogen and oxygen atoms in total. The molecule has 0 spiro atoms. The SMILES string of the molecule is CCN(CC)CCC1CN(Cc2cccnc2OC)Cc2ccnn21. The van der Waals surface area contributed by atoms with Gasteiger partial charge in [0.15, 0.2) is 0 Å². The molecular formula is C19H29N5O. The largest absolute Gasteiger partial charge is 0.481 e. The Morgan fingerprint density at radius 2 is 2.08 bits per heavy atom. The van der Waals surface area contributed by atoms with Crippen LogP contribution >= 0.6 is 0 Å². The van der Waals surface area contributed by atoms with Crippen molar-refractivity contribution in [2.45, 2.75) is 39.4 Å². The molecule has 1 aliphatic heterocycles. The first-order valence-corrected chi connectivity index (χ1v) is 9.20. The molecule has 3 heterocycles. The maximum atomic E-state index is 5.41. The molecule has 0 radical (unpaired) electrons. The summed E-state index contributed by atoms with van der Waals surface area (Å²) in [4.78, 5) is 9.28. The topological polar surface area (TPSA) is 46.4 Å². The summed E-state index contributed by atoms with van der Waals surface area (Å²) in [6.07, 6.45) is 4.82. The summed E-state index contributed by atoms with van der Waals surface area (Å²) in [6, 6.07) is 6.63. The van der Waals surface area contributed by atoms with Gasteiger partial charge < -0.3 is 9.64 Å². The van der Waals surface area contributed by atoms with Crippen molar-refractivity contribution < 1.29 is 4.74 Å². The summed E-state index contributed by atoms with van der Waals surface area (Å²) in [7, 11) is 1.68. The van der Waals surface area contributed by atoms with Gasteiger partial charge >= 0.3 is 0 Å². The molecule has 0 bridgehead atoms. The number of ether oxygens (including phenoxy) is 1. The van der Waals surface area contributed by atoms with E-state index in [4.69, 9.17) is 4.74 Å². The molecule has 0 amide bonds. The fourth-order valence-corrected chi connectivity index (χ4v) is 3.64. The lowest BCUT2D eigenvalue weighted by molar-refractivity contribution is 0.148. The maximum absolute atomic E-state index is 5.41. The van der Waals surface area contributed by atoms with Crippen LogP contribution in [0.15, 0.2) is 30.6 Å². The van der Waals surface area contributed by atoms with Crippen LogP contribution in [0.4, 0.5) is 0 Å². The first-order chi connectivity index (χ1) is 12.2. The minimum Gasteiger partial charge on any atom is -0.481 e. The predicted octanol–water partition coefficient (Wildman–Crippen LogP) is 2.58. The molecule has 136 valence electrons. The van der Waals surface area contributed by atoms with Gasteiger partial charge in [0.1, 0.15) is 0 Å². The van der Waals surface area contributed by atoms with Crippen LogP contribution in [0.2, 0.25) is 0 Å². The number of methoxy groups -OCH3 is 1. The van der Waals surface area contributed by atoms with Gasteiger partial charge in [-0.05, 0) is 31.6 Å². The Labute approximate surface area is 150 Å². The van der Waals surface area contributed by atoms with E-state index < -0.39 is 0 Å². The first kappa shape index (κ1) is 17.9. The molecule has 6 heteroatoms. The minimum atomic E-state index is 0.419. The van der Waals surface area contributed by atoms with E-state index in [1.165, 1.54) is 5.69 Å². The van der Waals surface area contributed by atoms with E-state index in [-0.39, 0.29) is 0 Å². The zero-order valence-corrected chi connectivity index (χ0v) is 15.6. The smallest absolute Gasteiger partial charge is 0.217 e. The third kappa shape index (κ3) is 4.19. The van der Waals surface area contributed by atoms with Crippen LogP contribution in [-0.2, 0) is 13.1 Å². The summed E-state index contributed by atoms with van der Waals surface area (Å²) in [5.74, 6) is 0.723. The Bertz CT molecular complexity index is 667. The normalized spacial score (nSPS) is 17.7. The molecule has 0 fully saturated rings. The quantitative estimate of drug-likeness (QED) is 0.737. The Hall–Kier alpha value is -1.92. The number of pyridine rings is 1. The van der Waals surface area contributed by atoms with Crippen molar-refractivity contribution >= 4 is 0 Å². The van der Waals surface area contributed by atoms with Gasteiger partial charge in [0.2, 0.25) is 5.88 Å². The summed E-state index contributed by atoms with van der Waals surface area (Å²) in [5, 5.41) is 4.58. The van der Waals surface area contributed by atoms with E-state index in [9.17, 15) is 0 Å². The van der Waals surface area contributed by atoms with Crippen LogP contribution in [0.5, 0.6) is 5.88 Å². The van der Waals surface area contributed by atoms with Gasteiger partial charge in [0.05, 0.1) is 18.8 Å². The van der Waals surface area contributed by atoms with Crippen molar-refractivity contribution in [1.29, 1.82) is 0 Å². The number of hydrogen-bond donors (Lipinski definition) is 0. The van der Waals surface area contributed by atoms with Gasteiger partial charge in [-0.3, -0.25) is 9.58 Å². The summed E-state index contributed by atoms with van der Waals surface area (Å²) < 4.78 is 7.64. The van der Waals surface area contributed by atoms with Crippen molar-refractivity contribution in [2.75, 3.05) is 33.3 Å². The van der Waals surface area contributed by atoms with Crippen molar-refractivity contribution in [1.82, 2.24) is 24.6 Å². The standard InChI is InChI=1S/C19H29N5O/c1-4-22(5-2)12-9-18-15-23(14-17-8-11-21-24(17)18)13-16-7-6-10-20-19(16)25-3/h6-8,10-11,18H,4-5,9,12-15H2,1-3H3. The van der Waals surface area contributed by atoms with Crippen LogP contribution in [0, 0.1) is 0 Å². The lowest BCUT2D eigenvalue weighted by Gasteiger charge is -2.35.